The molecule has 2 aromatic carbocycles. The first-order valence-corrected chi connectivity index (χ1v) is 8.27. The number of benzene rings is 2. The largest absolute Gasteiger partial charge is 0.330 e. The molecule has 0 aliphatic heterocycles. The van der Waals surface area contributed by atoms with Gasteiger partial charge in [-0.1, -0.05) is 63.9 Å². The molecule has 2 rings (SSSR count). The van der Waals surface area contributed by atoms with Gasteiger partial charge in [0.2, 0.25) is 0 Å². The number of nitrogens with zero attached hydrogens (tertiary/aromatic N) is 1. The highest BCUT2D eigenvalue weighted by Crippen LogP contribution is 2.26. The molecule has 2 aromatic rings. The molecule has 0 atom stereocenters. The molecule has 0 aliphatic carbocycles. The summed E-state index contributed by atoms with van der Waals surface area (Å²) in [4.78, 5) is 2.38. The predicted molar refractivity (Wildman–Crippen MR) is 93.4 cm³/mol. The van der Waals surface area contributed by atoms with Crippen LogP contribution in [-0.4, -0.2) is 18.0 Å². The topological polar surface area (TPSA) is 29.3 Å². The fourth-order valence-electron chi connectivity index (χ4n) is 2.28. The third-order valence-electron chi connectivity index (χ3n) is 3.37. The summed E-state index contributed by atoms with van der Waals surface area (Å²) >= 11 is 9.92. The van der Waals surface area contributed by atoms with Crippen LogP contribution in [0, 0.1) is 0 Å². The van der Waals surface area contributed by atoms with Gasteiger partial charge in [0.05, 0.1) is 0 Å². The summed E-state index contributed by atoms with van der Waals surface area (Å²) < 4.78 is 1.06. The highest BCUT2D eigenvalue weighted by Gasteiger charge is 2.11. The molecule has 0 saturated heterocycles. The number of rotatable bonds is 7. The normalized spacial score (nSPS) is 11.0. The van der Waals surface area contributed by atoms with E-state index in [0.29, 0.717) is 6.54 Å². The van der Waals surface area contributed by atoms with Crippen molar-refractivity contribution >= 4 is 27.5 Å². The second kappa shape index (κ2) is 8.54. The first kappa shape index (κ1) is 16.5. The van der Waals surface area contributed by atoms with Crippen molar-refractivity contribution in [2.24, 2.45) is 5.73 Å². The van der Waals surface area contributed by atoms with Gasteiger partial charge in [0.25, 0.3) is 0 Å². The molecule has 4 heteroatoms. The van der Waals surface area contributed by atoms with E-state index in [0.717, 1.165) is 41.1 Å². The maximum absolute atomic E-state index is 6.33. The van der Waals surface area contributed by atoms with E-state index in [4.69, 9.17) is 17.3 Å². The fourth-order valence-corrected chi connectivity index (χ4v) is 3.12. The molecule has 0 fully saturated rings. The Balaban J connectivity index is 2.12. The summed E-state index contributed by atoms with van der Waals surface area (Å²) in [6, 6.07) is 16.4. The molecule has 0 saturated carbocycles. The lowest BCUT2D eigenvalue weighted by Crippen LogP contribution is -2.26. The third kappa shape index (κ3) is 5.11. The Morgan fingerprint density at radius 3 is 2.43 bits per heavy atom. The second-order valence-electron chi connectivity index (χ2n) is 5.04. The summed E-state index contributed by atoms with van der Waals surface area (Å²) in [5, 5.41) is 0.801. The number of nitrogens with two attached hydrogens (primary N) is 1. The number of halogens is 2. The van der Waals surface area contributed by atoms with Crippen molar-refractivity contribution in [2.45, 2.75) is 19.5 Å². The minimum Gasteiger partial charge on any atom is -0.330 e. The van der Waals surface area contributed by atoms with Gasteiger partial charge in [0.15, 0.2) is 0 Å². The average molecular weight is 368 g/mol. The van der Waals surface area contributed by atoms with Crippen LogP contribution in [0.5, 0.6) is 0 Å². The summed E-state index contributed by atoms with van der Waals surface area (Å²) in [5.74, 6) is 0. The minimum absolute atomic E-state index is 0.703. The average Bonchev–Trinajstić information content (AvgIpc) is 2.49. The lowest BCUT2D eigenvalue weighted by Gasteiger charge is -2.23. The highest BCUT2D eigenvalue weighted by molar-refractivity contribution is 9.10. The van der Waals surface area contributed by atoms with Crippen molar-refractivity contribution in [3.63, 3.8) is 0 Å². The van der Waals surface area contributed by atoms with Crippen molar-refractivity contribution in [1.29, 1.82) is 0 Å². The van der Waals surface area contributed by atoms with Crippen molar-refractivity contribution < 1.29 is 0 Å². The summed E-state index contributed by atoms with van der Waals surface area (Å²) in [6.07, 6.45) is 0.981. The molecule has 2 nitrogen and oxygen atoms in total. The van der Waals surface area contributed by atoms with Gasteiger partial charge < -0.3 is 5.73 Å². The number of hydrogen-bond donors (Lipinski definition) is 1. The molecule has 0 heterocycles. The minimum atomic E-state index is 0.703. The Morgan fingerprint density at radius 2 is 1.76 bits per heavy atom. The van der Waals surface area contributed by atoms with Crippen LogP contribution in [-0.2, 0) is 13.1 Å². The molecule has 0 bridgehead atoms. The van der Waals surface area contributed by atoms with Gasteiger partial charge in [-0.25, -0.2) is 0 Å². The van der Waals surface area contributed by atoms with Crippen LogP contribution in [0.3, 0.4) is 0 Å². The SMILES string of the molecule is NCCCN(Cc1ccccc1)Cc1c(Cl)cccc1Br. The first-order valence-electron chi connectivity index (χ1n) is 7.10. The van der Waals surface area contributed by atoms with E-state index in [1.807, 2.05) is 24.3 Å². The Hall–Kier alpha value is -0.870. The molecule has 0 unspecified atom stereocenters. The fraction of sp³-hybridized carbons (Fsp3) is 0.294. The van der Waals surface area contributed by atoms with E-state index in [1.54, 1.807) is 0 Å². The molecule has 0 aliphatic rings. The lowest BCUT2D eigenvalue weighted by molar-refractivity contribution is 0.254. The van der Waals surface area contributed by atoms with Crippen molar-refractivity contribution in [3.8, 4) is 0 Å². The monoisotopic (exact) mass is 366 g/mol. The third-order valence-corrected chi connectivity index (χ3v) is 4.47. The van der Waals surface area contributed by atoms with Crippen LogP contribution in [0.25, 0.3) is 0 Å². The maximum Gasteiger partial charge on any atom is 0.0462 e. The van der Waals surface area contributed by atoms with Crippen molar-refractivity contribution in [1.82, 2.24) is 4.90 Å². The van der Waals surface area contributed by atoms with Gasteiger partial charge in [-0.2, -0.15) is 0 Å². The standard InChI is InChI=1S/C17H20BrClN2/c18-16-8-4-9-17(19)15(16)13-21(11-5-10-20)12-14-6-2-1-3-7-14/h1-4,6-9H,5,10-13,20H2. The van der Waals surface area contributed by atoms with Gasteiger partial charge in [-0.05, 0) is 36.2 Å². The molecule has 0 radical (unpaired) electrons. The molecule has 0 spiro atoms. The molecule has 2 N–H and O–H groups in total. The quantitative estimate of drug-likeness (QED) is 0.783. The summed E-state index contributed by atoms with van der Waals surface area (Å²) in [5.41, 5.74) is 8.10. The van der Waals surface area contributed by atoms with Crippen LogP contribution >= 0.6 is 27.5 Å². The van der Waals surface area contributed by atoms with Gasteiger partial charge >= 0.3 is 0 Å². The van der Waals surface area contributed by atoms with Crippen molar-refractivity contribution in [2.75, 3.05) is 13.1 Å². The van der Waals surface area contributed by atoms with Gasteiger partial charge in [-0.15, -0.1) is 0 Å². The Labute approximate surface area is 140 Å². The van der Waals surface area contributed by atoms with E-state index in [-0.39, 0.29) is 0 Å². The van der Waals surface area contributed by atoms with Crippen LogP contribution in [0.15, 0.2) is 53.0 Å². The van der Waals surface area contributed by atoms with Crippen molar-refractivity contribution in [3.05, 3.63) is 69.2 Å². The zero-order valence-corrected chi connectivity index (χ0v) is 14.3. The molecule has 0 aromatic heterocycles. The highest BCUT2D eigenvalue weighted by atomic mass is 79.9. The Kier molecular flexibility index (Phi) is 6.71. The van der Waals surface area contributed by atoms with Crippen LogP contribution in [0.2, 0.25) is 5.02 Å². The van der Waals surface area contributed by atoms with Crippen LogP contribution in [0.1, 0.15) is 17.5 Å². The zero-order valence-electron chi connectivity index (χ0n) is 11.9. The Bertz CT molecular complexity index is 540. The summed E-state index contributed by atoms with van der Waals surface area (Å²) in [6.45, 7) is 3.38. The van der Waals surface area contributed by atoms with E-state index in [1.165, 1.54) is 5.56 Å². The van der Waals surface area contributed by atoms with E-state index in [2.05, 4.69) is 45.1 Å². The van der Waals surface area contributed by atoms with Gasteiger partial charge in [0, 0.05) is 29.1 Å². The summed E-state index contributed by atoms with van der Waals surface area (Å²) in [7, 11) is 0. The van der Waals surface area contributed by atoms with Crippen LogP contribution in [0.4, 0.5) is 0 Å². The van der Waals surface area contributed by atoms with Gasteiger partial charge in [0.1, 0.15) is 0 Å². The van der Waals surface area contributed by atoms with E-state index >= 15 is 0 Å². The smallest absolute Gasteiger partial charge is 0.0462 e. The molecular formula is C17H20BrClN2. The van der Waals surface area contributed by atoms with Gasteiger partial charge in [-0.3, -0.25) is 4.90 Å². The predicted octanol–water partition coefficient (Wildman–Crippen LogP) is 4.45. The zero-order chi connectivity index (χ0) is 15.1. The lowest BCUT2D eigenvalue weighted by atomic mass is 10.1. The Morgan fingerprint density at radius 1 is 1.00 bits per heavy atom. The maximum atomic E-state index is 6.33. The molecule has 0 amide bonds. The first-order chi connectivity index (χ1) is 10.2. The molecule has 21 heavy (non-hydrogen) atoms. The second-order valence-corrected chi connectivity index (χ2v) is 6.30. The van der Waals surface area contributed by atoms with E-state index < -0.39 is 0 Å². The van der Waals surface area contributed by atoms with E-state index in [9.17, 15) is 0 Å². The molecule has 112 valence electrons. The van der Waals surface area contributed by atoms with Crippen LogP contribution < -0.4 is 5.73 Å². The number of hydrogen-bond acceptors (Lipinski definition) is 2. The molecular weight excluding hydrogens is 348 g/mol.